The van der Waals surface area contributed by atoms with E-state index in [1.54, 1.807) is 0 Å². The van der Waals surface area contributed by atoms with E-state index in [9.17, 15) is 9.59 Å². The summed E-state index contributed by atoms with van der Waals surface area (Å²) in [5, 5.41) is 0. The van der Waals surface area contributed by atoms with Crippen molar-refractivity contribution in [2.75, 3.05) is 14.2 Å². The first-order chi connectivity index (χ1) is 11.7. The Labute approximate surface area is 143 Å². The molecule has 0 aromatic heterocycles. The van der Waals surface area contributed by atoms with Gasteiger partial charge in [0, 0.05) is 0 Å². The lowest BCUT2D eigenvalue weighted by Gasteiger charge is -2.24. The zero-order valence-electron chi connectivity index (χ0n) is 14.7. The Morgan fingerprint density at radius 3 is 2.29 bits per heavy atom. The molecule has 1 aromatic carbocycles. The van der Waals surface area contributed by atoms with E-state index in [-0.39, 0.29) is 11.9 Å². The fourth-order valence-corrected chi connectivity index (χ4v) is 4.36. The largest absolute Gasteiger partial charge is 0.465 e. The summed E-state index contributed by atoms with van der Waals surface area (Å²) in [4.78, 5) is 24.7. The van der Waals surface area contributed by atoms with Crippen molar-refractivity contribution in [1.82, 2.24) is 0 Å². The van der Waals surface area contributed by atoms with Crippen molar-refractivity contribution in [2.45, 2.75) is 57.8 Å². The molecule has 1 fully saturated rings. The second kappa shape index (κ2) is 7.37. The van der Waals surface area contributed by atoms with E-state index in [1.807, 2.05) is 6.07 Å². The number of ether oxygens (including phenoxy) is 2. The molecule has 0 N–H and O–H groups in total. The first kappa shape index (κ1) is 17.0. The number of fused-ring (bicyclic) bond motifs is 1. The van der Waals surface area contributed by atoms with E-state index in [4.69, 9.17) is 9.47 Å². The summed E-state index contributed by atoms with van der Waals surface area (Å²) in [7, 11) is 2.85. The van der Waals surface area contributed by atoms with Crippen LogP contribution in [0.3, 0.4) is 0 Å². The van der Waals surface area contributed by atoms with Crippen molar-refractivity contribution in [3.05, 3.63) is 33.9 Å². The number of esters is 2. The third-order valence-corrected chi connectivity index (χ3v) is 5.51. The van der Waals surface area contributed by atoms with Crippen molar-refractivity contribution in [3.63, 3.8) is 0 Å². The van der Waals surface area contributed by atoms with Crippen LogP contribution in [0, 0.1) is 5.92 Å². The van der Waals surface area contributed by atoms with Crippen LogP contribution in [-0.2, 0) is 28.7 Å². The smallest absolute Gasteiger partial charge is 0.338 e. The van der Waals surface area contributed by atoms with Gasteiger partial charge in [0.15, 0.2) is 0 Å². The normalized spacial score (nSPS) is 17.4. The number of hydrogen-bond donors (Lipinski definition) is 0. The van der Waals surface area contributed by atoms with Gasteiger partial charge in [0.25, 0.3) is 0 Å². The van der Waals surface area contributed by atoms with Gasteiger partial charge in [-0.25, -0.2) is 9.59 Å². The Balaban J connectivity index is 2.06. The number of carbonyl (C=O) groups is 2. The molecular weight excluding hydrogens is 304 g/mol. The summed E-state index contributed by atoms with van der Waals surface area (Å²) < 4.78 is 10.0. The van der Waals surface area contributed by atoms with Crippen LogP contribution in [0.25, 0.3) is 0 Å². The van der Waals surface area contributed by atoms with Crippen LogP contribution in [0.1, 0.15) is 75.9 Å². The van der Waals surface area contributed by atoms with Crippen molar-refractivity contribution in [3.8, 4) is 0 Å². The van der Waals surface area contributed by atoms with E-state index in [0.717, 1.165) is 42.4 Å². The molecule has 3 rings (SSSR count). The van der Waals surface area contributed by atoms with E-state index >= 15 is 0 Å². The average molecular weight is 330 g/mol. The number of rotatable bonds is 4. The van der Waals surface area contributed by atoms with Gasteiger partial charge < -0.3 is 9.47 Å². The molecule has 4 nitrogen and oxygen atoms in total. The highest BCUT2D eigenvalue weighted by atomic mass is 16.5. The molecule has 2 aliphatic carbocycles. The minimum atomic E-state index is -0.297. The third-order valence-electron chi connectivity index (χ3n) is 5.51. The summed E-state index contributed by atoms with van der Waals surface area (Å²) in [6.45, 7) is 0. The van der Waals surface area contributed by atoms with Gasteiger partial charge in [-0.15, -0.1) is 0 Å². The molecule has 130 valence electrons. The Hall–Kier alpha value is -1.84. The lowest BCUT2D eigenvalue weighted by molar-refractivity contribution is 0.0583. The highest BCUT2D eigenvalue weighted by Crippen LogP contribution is 2.35. The average Bonchev–Trinajstić information content (AvgIpc) is 3.10. The van der Waals surface area contributed by atoms with Crippen molar-refractivity contribution in [1.29, 1.82) is 0 Å². The second-order valence-electron chi connectivity index (χ2n) is 6.96. The van der Waals surface area contributed by atoms with Gasteiger partial charge in [-0.1, -0.05) is 32.1 Å². The number of benzene rings is 1. The van der Waals surface area contributed by atoms with Crippen LogP contribution in [0.5, 0.6) is 0 Å². The summed E-state index contributed by atoms with van der Waals surface area (Å²) in [6.07, 6.45) is 9.70. The van der Waals surface area contributed by atoms with E-state index < -0.39 is 0 Å². The molecule has 4 heteroatoms. The van der Waals surface area contributed by atoms with Crippen molar-refractivity contribution >= 4 is 11.9 Å². The Morgan fingerprint density at radius 1 is 0.958 bits per heavy atom. The van der Waals surface area contributed by atoms with Gasteiger partial charge in [0.1, 0.15) is 0 Å². The molecule has 0 unspecified atom stereocenters. The quantitative estimate of drug-likeness (QED) is 0.786. The molecule has 24 heavy (non-hydrogen) atoms. The number of carbonyl (C=O) groups excluding carboxylic acids is 2. The second-order valence-corrected chi connectivity index (χ2v) is 6.96. The molecule has 0 atom stereocenters. The molecule has 2 aliphatic rings. The summed E-state index contributed by atoms with van der Waals surface area (Å²) in [6, 6.07) is 1.90. The van der Waals surface area contributed by atoms with Gasteiger partial charge >= 0.3 is 11.9 Å². The molecule has 0 spiro atoms. The molecule has 0 aliphatic heterocycles. The maximum Gasteiger partial charge on any atom is 0.338 e. The van der Waals surface area contributed by atoms with E-state index in [0.29, 0.717) is 17.0 Å². The highest BCUT2D eigenvalue weighted by Gasteiger charge is 2.29. The molecule has 1 aromatic rings. The Bertz CT molecular complexity index is 642. The van der Waals surface area contributed by atoms with Gasteiger partial charge in [-0.2, -0.15) is 0 Å². The van der Waals surface area contributed by atoms with Crippen molar-refractivity contribution in [2.24, 2.45) is 5.92 Å². The maximum absolute atomic E-state index is 12.4. The first-order valence-corrected chi connectivity index (χ1v) is 9.00. The van der Waals surface area contributed by atoms with Gasteiger partial charge in [0.05, 0.1) is 25.3 Å². The molecule has 0 saturated heterocycles. The maximum atomic E-state index is 12.4. The molecule has 0 heterocycles. The molecular formula is C20H26O4. The monoisotopic (exact) mass is 330 g/mol. The minimum Gasteiger partial charge on any atom is -0.465 e. The topological polar surface area (TPSA) is 52.6 Å². The minimum absolute atomic E-state index is 0.268. The Morgan fingerprint density at radius 2 is 1.62 bits per heavy atom. The van der Waals surface area contributed by atoms with Crippen molar-refractivity contribution < 1.29 is 19.1 Å². The van der Waals surface area contributed by atoms with Crippen LogP contribution >= 0.6 is 0 Å². The molecule has 1 saturated carbocycles. The third kappa shape index (κ3) is 3.19. The van der Waals surface area contributed by atoms with E-state index in [2.05, 4.69) is 0 Å². The molecule has 0 radical (unpaired) electrons. The fraction of sp³-hybridized carbons (Fsp3) is 0.600. The Kier molecular flexibility index (Phi) is 5.22. The van der Waals surface area contributed by atoms with Gasteiger partial charge in [0.2, 0.25) is 0 Å². The molecule has 0 bridgehead atoms. The lowest BCUT2D eigenvalue weighted by atomic mass is 9.82. The first-order valence-electron chi connectivity index (χ1n) is 9.00. The number of hydrogen-bond acceptors (Lipinski definition) is 4. The predicted molar refractivity (Wildman–Crippen MR) is 91.4 cm³/mol. The van der Waals surface area contributed by atoms with E-state index in [1.165, 1.54) is 46.3 Å². The standard InChI is InChI=1S/C20H26O4/c1-23-19(21)17-12-14(11-13-7-4-3-5-8-13)18(20(22)24-2)16-10-6-9-15(16)17/h12-13H,3-11H2,1-2H3. The zero-order chi connectivity index (χ0) is 17.1. The lowest BCUT2D eigenvalue weighted by Crippen LogP contribution is -2.18. The predicted octanol–water partition coefficient (Wildman–Crippen LogP) is 3.87. The van der Waals surface area contributed by atoms with Gasteiger partial charge in [-0.3, -0.25) is 0 Å². The van der Waals surface area contributed by atoms with Crippen LogP contribution in [-0.4, -0.2) is 26.2 Å². The van der Waals surface area contributed by atoms with Crippen LogP contribution in [0.2, 0.25) is 0 Å². The van der Waals surface area contributed by atoms with Gasteiger partial charge in [-0.05, 0) is 54.4 Å². The van der Waals surface area contributed by atoms with Crippen LogP contribution < -0.4 is 0 Å². The van der Waals surface area contributed by atoms with Crippen LogP contribution in [0.15, 0.2) is 6.07 Å². The fourth-order valence-electron chi connectivity index (χ4n) is 4.36. The summed E-state index contributed by atoms with van der Waals surface area (Å²) in [5.74, 6) is 0.0249. The summed E-state index contributed by atoms with van der Waals surface area (Å²) in [5.41, 5.74) is 4.31. The summed E-state index contributed by atoms with van der Waals surface area (Å²) >= 11 is 0. The molecule has 0 amide bonds. The highest BCUT2D eigenvalue weighted by molar-refractivity contribution is 5.98. The number of methoxy groups -OCH3 is 2. The zero-order valence-corrected chi connectivity index (χ0v) is 14.7. The SMILES string of the molecule is COC(=O)c1cc(CC2CCCCC2)c(C(=O)OC)c2c1CCC2. The van der Waals surface area contributed by atoms with Crippen LogP contribution in [0.4, 0.5) is 0 Å².